The Hall–Kier alpha value is -3.41. The third-order valence-electron chi connectivity index (χ3n) is 4.70. The maximum Gasteiger partial charge on any atom is 0.333 e. The van der Waals surface area contributed by atoms with Crippen molar-refractivity contribution in [2.45, 2.75) is 4.21 Å². The van der Waals surface area contributed by atoms with Gasteiger partial charge in [0.25, 0.3) is 15.6 Å². The average molecular weight is 507 g/mol. The van der Waals surface area contributed by atoms with Gasteiger partial charge in [-0.2, -0.15) is 0 Å². The number of hydrogen-bond acceptors (Lipinski definition) is 6. The van der Waals surface area contributed by atoms with Crippen molar-refractivity contribution in [3.8, 4) is 5.69 Å². The molecule has 0 saturated carbocycles. The predicted octanol–water partition coefficient (Wildman–Crippen LogP) is 4.40. The number of urea groups is 1. The summed E-state index contributed by atoms with van der Waals surface area (Å²) in [6.45, 7) is 0. The molecular weight excluding hydrogens is 491 g/mol. The first-order chi connectivity index (χ1) is 15.7. The Bertz CT molecular complexity index is 1530. The molecule has 3 N–H and O–H groups in total. The van der Waals surface area contributed by atoms with Gasteiger partial charge in [0.05, 0.1) is 16.1 Å². The summed E-state index contributed by atoms with van der Waals surface area (Å²) in [5.41, 5.74) is 0.659. The number of carbonyl (C=O) groups is 1. The largest absolute Gasteiger partial charge is 0.386 e. The maximum atomic E-state index is 14.1. The fourth-order valence-corrected chi connectivity index (χ4v) is 5.45. The van der Waals surface area contributed by atoms with Crippen molar-refractivity contribution in [3.05, 3.63) is 81.3 Å². The molecular formula is C21H16ClFN4O4S2. The zero-order valence-corrected chi connectivity index (χ0v) is 19.3. The van der Waals surface area contributed by atoms with Crippen LogP contribution in [0, 0.1) is 5.82 Å². The molecule has 0 bridgehead atoms. The minimum Gasteiger partial charge on any atom is -0.386 e. The zero-order valence-electron chi connectivity index (χ0n) is 16.9. The van der Waals surface area contributed by atoms with Crippen LogP contribution < -0.4 is 20.9 Å². The molecule has 0 radical (unpaired) electrons. The molecule has 4 aromatic rings. The Balaban J connectivity index is 1.54. The van der Waals surface area contributed by atoms with Crippen molar-refractivity contribution >= 4 is 61.1 Å². The van der Waals surface area contributed by atoms with Gasteiger partial charge in [0.15, 0.2) is 0 Å². The summed E-state index contributed by atoms with van der Waals surface area (Å²) in [5.74, 6) is -0.537. The summed E-state index contributed by atoms with van der Waals surface area (Å²) >= 11 is 6.62. The number of amides is 2. The molecule has 0 aliphatic carbocycles. The number of carbonyl (C=O) groups excluding carboxylic acids is 1. The monoisotopic (exact) mass is 506 g/mol. The van der Waals surface area contributed by atoms with E-state index in [-0.39, 0.29) is 20.3 Å². The van der Waals surface area contributed by atoms with Crippen LogP contribution in [0.4, 0.5) is 20.6 Å². The number of anilines is 2. The van der Waals surface area contributed by atoms with Crippen molar-refractivity contribution < 1.29 is 17.6 Å². The lowest BCUT2D eigenvalue weighted by Gasteiger charge is -2.11. The van der Waals surface area contributed by atoms with Crippen LogP contribution in [0.3, 0.4) is 0 Å². The van der Waals surface area contributed by atoms with Gasteiger partial charge in [0.2, 0.25) is 0 Å². The Morgan fingerprint density at radius 3 is 2.48 bits per heavy atom. The zero-order chi connectivity index (χ0) is 23.8. The van der Waals surface area contributed by atoms with Crippen LogP contribution in [0.1, 0.15) is 0 Å². The number of aromatic nitrogens is 1. The minimum absolute atomic E-state index is 0.0908. The number of benzene rings is 2. The van der Waals surface area contributed by atoms with E-state index in [0.29, 0.717) is 16.8 Å². The smallest absolute Gasteiger partial charge is 0.333 e. The molecule has 0 saturated heterocycles. The van der Waals surface area contributed by atoms with Gasteiger partial charge >= 0.3 is 6.03 Å². The number of halogens is 2. The predicted molar refractivity (Wildman–Crippen MR) is 128 cm³/mol. The standard InChI is InChI=1S/C21H16ClFN4O4S2/c1-24-18-8-12-6-7-27(20(28)16(12)10-17(18)23)15-4-2-14(3-5-15)25-21(29)26-33(30,31)19-9-13(22)11-32-19/h2-11,24H,1H3,(H2,25,26,29). The molecule has 2 aromatic heterocycles. The third kappa shape index (κ3) is 4.70. The second-order valence-corrected chi connectivity index (χ2v) is 10.1. The van der Waals surface area contributed by atoms with Crippen molar-refractivity contribution in [2.24, 2.45) is 0 Å². The first-order valence-electron chi connectivity index (χ1n) is 9.39. The fourth-order valence-electron chi connectivity index (χ4n) is 3.13. The summed E-state index contributed by atoms with van der Waals surface area (Å²) in [7, 11) is -2.46. The number of rotatable bonds is 5. The summed E-state index contributed by atoms with van der Waals surface area (Å²) < 4.78 is 41.7. The molecule has 0 aliphatic heterocycles. The lowest BCUT2D eigenvalue weighted by atomic mass is 10.1. The van der Waals surface area contributed by atoms with Crippen LogP contribution >= 0.6 is 22.9 Å². The van der Waals surface area contributed by atoms with Gasteiger partial charge < -0.3 is 10.6 Å². The highest BCUT2D eigenvalue weighted by Gasteiger charge is 2.20. The molecule has 12 heteroatoms. The van der Waals surface area contributed by atoms with E-state index in [1.54, 1.807) is 37.5 Å². The highest BCUT2D eigenvalue weighted by molar-refractivity contribution is 7.92. The Labute approximate surface area is 196 Å². The quantitative estimate of drug-likeness (QED) is 0.372. The van der Waals surface area contributed by atoms with Crippen molar-refractivity contribution in [3.63, 3.8) is 0 Å². The van der Waals surface area contributed by atoms with Gasteiger partial charge in [-0.15, -0.1) is 11.3 Å². The highest BCUT2D eigenvalue weighted by Crippen LogP contribution is 2.24. The molecule has 170 valence electrons. The Morgan fingerprint density at radius 2 is 1.85 bits per heavy atom. The van der Waals surface area contributed by atoms with Crippen LogP contribution in [-0.4, -0.2) is 26.1 Å². The van der Waals surface area contributed by atoms with E-state index < -0.39 is 27.4 Å². The highest BCUT2D eigenvalue weighted by atomic mass is 35.5. The van der Waals surface area contributed by atoms with Crippen molar-refractivity contribution in [1.29, 1.82) is 0 Å². The van der Waals surface area contributed by atoms with Gasteiger partial charge in [-0.25, -0.2) is 22.3 Å². The van der Waals surface area contributed by atoms with Crippen LogP contribution in [0.2, 0.25) is 5.02 Å². The van der Waals surface area contributed by atoms with Gasteiger partial charge in [0, 0.05) is 30.0 Å². The molecule has 2 aromatic carbocycles. The average Bonchev–Trinajstić information content (AvgIpc) is 3.22. The first kappa shape index (κ1) is 22.8. The van der Waals surface area contributed by atoms with Gasteiger partial charge in [-0.3, -0.25) is 9.36 Å². The van der Waals surface area contributed by atoms with Crippen LogP contribution in [0.15, 0.2) is 69.1 Å². The normalized spacial score (nSPS) is 11.4. The topological polar surface area (TPSA) is 109 Å². The number of sulfonamides is 1. The molecule has 2 heterocycles. The third-order valence-corrected chi connectivity index (χ3v) is 7.82. The van der Waals surface area contributed by atoms with Gasteiger partial charge in [-0.1, -0.05) is 11.6 Å². The molecule has 0 atom stereocenters. The molecule has 0 spiro atoms. The number of hydrogen-bond donors (Lipinski definition) is 3. The lowest BCUT2D eigenvalue weighted by Crippen LogP contribution is -2.33. The molecule has 4 rings (SSSR count). The second-order valence-electron chi connectivity index (χ2n) is 6.85. The number of nitrogens with zero attached hydrogens (tertiary/aromatic N) is 1. The van der Waals surface area contributed by atoms with E-state index in [9.17, 15) is 22.4 Å². The van der Waals surface area contributed by atoms with Crippen LogP contribution in [-0.2, 0) is 10.0 Å². The number of pyridine rings is 1. The van der Waals surface area contributed by atoms with Crippen LogP contribution in [0.25, 0.3) is 16.5 Å². The summed E-state index contributed by atoms with van der Waals surface area (Å²) in [4.78, 5) is 25.0. The van der Waals surface area contributed by atoms with Gasteiger partial charge in [0.1, 0.15) is 10.0 Å². The van der Waals surface area contributed by atoms with E-state index >= 15 is 0 Å². The maximum absolute atomic E-state index is 14.1. The molecule has 0 fully saturated rings. The Morgan fingerprint density at radius 1 is 1.12 bits per heavy atom. The Kier molecular flexibility index (Phi) is 6.11. The number of thiophene rings is 1. The second kappa shape index (κ2) is 8.85. The van der Waals surface area contributed by atoms with Gasteiger partial charge in [-0.05, 0) is 53.9 Å². The minimum atomic E-state index is -4.05. The molecule has 0 unspecified atom stereocenters. The lowest BCUT2D eigenvalue weighted by molar-refractivity contribution is 0.256. The van der Waals surface area contributed by atoms with E-state index in [0.717, 1.165) is 11.3 Å². The van der Waals surface area contributed by atoms with E-state index in [1.165, 1.54) is 34.2 Å². The van der Waals surface area contributed by atoms with Crippen molar-refractivity contribution in [1.82, 2.24) is 9.29 Å². The van der Waals surface area contributed by atoms with Crippen molar-refractivity contribution in [2.75, 3.05) is 17.7 Å². The number of nitrogens with one attached hydrogen (secondary N) is 3. The van der Waals surface area contributed by atoms with E-state index in [4.69, 9.17) is 11.6 Å². The molecule has 0 aliphatic rings. The molecule has 2 amide bonds. The van der Waals surface area contributed by atoms with E-state index in [2.05, 4.69) is 10.6 Å². The molecule has 33 heavy (non-hydrogen) atoms. The van der Waals surface area contributed by atoms with Crippen LogP contribution in [0.5, 0.6) is 0 Å². The summed E-state index contributed by atoms with van der Waals surface area (Å²) in [5, 5.41) is 7.65. The SMILES string of the molecule is CNc1cc2ccn(-c3ccc(NC(=O)NS(=O)(=O)c4cc(Cl)cs4)cc3)c(=O)c2cc1F. The summed E-state index contributed by atoms with van der Waals surface area (Å²) in [6.07, 6.45) is 1.57. The number of fused-ring (bicyclic) bond motifs is 1. The molecule has 8 nitrogen and oxygen atoms in total. The first-order valence-corrected chi connectivity index (χ1v) is 12.1. The summed E-state index contributed by atoms with van der Waals surface area (Å²) in [6, 6.07) is 10.9. The fraction of sp³-hybridized carbons (Fsp3) is 0.0476. The van der Waals surface area contributed by atoms with E-state index in [1.807, 2.05) is 4.72 Å².